The number of allylic oxidation sites excluding steroid dienone is 1. The second-order valence-corrected chi connectivity index (χ2v) is 9.13. The first-order chi connectivity index (χ1) is 17.3. The van der Waals surface area contributed by atoms with E-state index in [-0.39, 0.29) is 24.6 Å². The molecule has 0 amide bonds. The first-order valence-corrected chi connectivity index (χ1v) is 12.0. The maximum atomic E-state index is 13.0. The molecule has 36 heavy (non-hydrogen) atoms. The van der Waals surface area contributed by atoms with E-state index >= 15 is 0 Å². The zero-order chi connectivity index (χ0) is 26.1. The number of hydrogen-bond donors (Lipinski definition) is 0. The van der Waals surface area contributed by atoms with Crippen molar-refractivity contribution in [1.82, 2.24) is 0 Å². The molecule has 1 aliphatic heterocycles. The molecule has 2 aromatic rings. The lowest BCUT2D eigenvalue weighted by Gasteiger charge is -2.35. The molecule has 0 fully saturated rings. The van der Waals surface area contributed by atoms with E-state index in [9.17, 15) is 4.79 Å². The summed E-state index contributed by atoms with van der Waals surface area (Å²) in [4.78, 5) is 13.0. The van der Waals surface area contributed by atoms with Gasteiger partial charge >= 0.3 is 5.97 Å². The summed E-state index contributed by atoms with van der Waals surface area (Å²) in [6.07, 6.45) is 1.85. The van der Waals surface area contributed by atoms with Gasteiger partial charge in [0.2, 0.25) is 18.3 Å². The molecule has 8 heteroatoms. The fourth-order valence-electron chi connectivity index (χ4n) is 4.96. The van der Waals surface area contributed by atoms with Crippen molar-refractivity contribution >= 4 is 5.97 Å². The summed E-state index contributed by atoms with van der Waals surface area (Å²) < 4.78 is 41.0. The fraction of sp³-hybridized carbons (Fsp3) is 0.464. The summed E-state index contributed by atoms with van der Waals surface area (Å²) in [6.45, 7) is 7.91. The molecular formula is C28H34O8. The van der Waals surface area contributed by atoms with Gasteiger partial charge < -0.3 is 33.2 Å². The maximum Gasteiger partial charge on any atom is 0.333 e. The fourth-order valence-corrected chi connectivity index (χ4v) is 4.96. The lowest BCUT2D eigenvalue weighted by atomic mass is 9.75. The third-order valence-electron chi connectivity index (χ3n) is 7.23. The number of rotatable bonds is 6. The molecule has 0 bridgehead atoms. The molecule has 4 rings (SSSR count). The molecule has 8 nitrogen and oxygen atoms in total. The average Bonchev–Trinajstić information content (AvgIpc) is 3.36. The van der Waals surface area contributed by atoms with E-state index < -0.39 is 6.10 Å². The van der Waals surface area contributed by atoms with Crippen molar-refractivity contribution in [3.05, 3.63) is 34.9 Å². The Bertz CT molecular complexity index is 1200. The minimum absolute atomic E-state index is 0.0373. The Kier molecular flexibility index (Phi) is 7.24. The summed E-state index contributed by atoms with van der Waals surface area (Å²) >= 11 is 0. The Morgan fingerprint density at radius 2 is 1.64 bits per heavy atom. The van der Waals surface area contributed by atoms with Crippen molar-refractivity contribution in [3.8, 4) is 45.6 Å². The van der Waals surface area contributed by atoms with Crippen LogP contribution in [0.2, 0.25) is 0 Å². The van der Waals surface area contributed by atoms with Crippen LogP contribution in [0.4, 0.5) is 0 Å². The number of methoxy groups -OCH3 is 4. The third kappa shape index (κ3) is 4.08. The van der Waals surface area contributed by atoms with Crippen LogP contribution in [0.3, 0.4) is 0 Å². The van der Waals surface area contributed by atoms with Crippen LogP contribution in [-0.4, -0.2) is 41.2 Å². The van der Waals surface area contributed by atoms with E-state index in [0.29, 0.717) is 52.1 Å². The Balaban J connectivity index is 2.13. The summed E-state index contributed by atoms with van der Waals surface area (Å²) in [5, 5.41) is 0. The molecule has 0 saturated heterocycles. The minimum atomic E-state index is -0.589. The molecule has 194 valence electrons. The average molecular weight is 499 g/mol. The predicted octanol–water partition coefficient (Wildman–Crippen LogP) is 5.50. The number of carbonyl (C=O) groups excluding carboxylic acids is 1. The van der Waals surface area contributed by atoms with Crippen molar-refractivity contribution in [1.29, 1.82) is 0 Å². The van der Waals surface area contributed by atoms with Crippen LogP contribution < -0.4 is 28.4 Å². The lowest BCUT2D eigenvalue weighted by molar-refractivity contribution is -0.148. The number of ether oxygens (including phenoxy) is 7. The second-order valence-electron chi connectivity index (χ2n) is 9.13. The number of esters is 1. The molecule has 0 aromatic heterocycles. The highest BCUT2D eigenvalue weighted by atomic mass is 16.7. The molecule has 0 spiro atoms. The van der Waals surface area contributed by atoms with Crippen LogP contribution >= 0.6 is 0 Å². The van der Waals surface area contributed by atoms with Crippen LogP contribution in [0.25, 0.3) is 11.1 Å². The summed E-state index contributed by atoms with van der Waals surface area (Å²) in [5.41, 5.74) is 3.77. The number of benzene rings is 2. The van der Waals surface area contributed by atoms with Gasteiger partial charge in [0, 0.05) is 28.2 Å². The lowest BCUT2D eigenvalue weighted by Crippen LogP contribution is -2.27. The Labute approximate surface area is 212 Å². The largest absolute Gasteiger partial charge is 0.493 e. The van der Waals surface area contributed by atoms with Gasteiger partial charge in [0.15, 0.2) is 23.0 Å². The topological polar surface area (TPSA) is 81.7 Å². The van der Waals surface area contributed by atoms with Crippen LogP contribution in [0.15, 0.2) is 23.8 Å². The van der Waals surface area contributed by atoms with Gasteiger partial charge in [0.25, 0.3) is 0 Å². The smallest absolute Gasteiger partial charge is 0.333 e. The normalized spacial score (nSPS) is 20.4. The van der Waals surface area contributed by atoms with E-state index in [1.54, 1.807) is 41.4 Å². The van der Waals surface area contributed by atoms with Crippen LogP contribution in [0, 0.1) is 11.8 Å². The second kappa shape index (κ2) is 10.2. The zero-order valence-electron chi connectivity index (χ0n) is 22.1. The van der Waals surface area contributed by atoms with Crippen LogP contribution in [0.1, 0.15) is 44.9 Å². The SMILES string of the molecule is C/C=C(\C)C(=O)O[C@H]1c2cc(OC)c(OC)c(OC)c2-c2c(cc3c(c2OC)OCO3)C[C@H](C)[C@@H]1C. The molecule has 1 aliphatic carbocycles. The summed E-state index contributed by atoms with van der Waals surface area (Å²) in [5.74, 6) is 2.78. The Morgan fingerprint density at radius 1 is 0.944 bits per heavy atom. The van der Waals surface area contributed by atoms with Crippen molar-refractivity contribution in [2.24, 2.45) is 11.8 Å². The van der Waals surface area contributed by atoms with Gasteiger partial charge in [-0.1, -0.05) is 19.9 Å². The van der Waals surface area contributed by atoms with Crippen molar-refractivity contribution < 1.29 is 38.0 Å². The first-order valence-electron chi connectivity index (χ1n) is 12.0. The molecule has 0 radical (unpaired) electrons. The van der Waals surface area contributed by atoms with Gasteiger partial charge in [-0.3, -0.25) is 0 Å². The summed E-state index contributed by atoms with van der Waals surface area (Å²) in [7, 11) is 6.30. The van der Waals surface area contributed by atoms with Gasteiger partial charge in [-0.05, 0) is 43.9 Å². The zero-order valence-corrected chi connectivity index (χ0v) is 22.1. The number of fused-ring (bicyclic) bond motifs is 4. The number of carbonyl (C=O) groups is 1. The molecule has 1 heterocycles. The number of hydrogen-bond acceptors (Lipinski definition) is 8. The quantitative estimate of drug-likeness (QED) is 0.382. The third-order valence-corrected chi connectivity index (χ3v) is 7.23. The Morgan fingerprint density at radius 3 is 2.25 bits per heavy atom. The highest BCUT2D eigenvalue weighted by Crippen LogP contribution is 2.58. The summed E-state index contributed by atoms with van der Waals surface area (Å²) in [6, 6.07) is 3.86. The molecule has 0 saturated carbocycles. The predicted molar refractivity (Wildman–Crippen MR) is 135 cm³/mol. The van der Waals surface area contributed by atoms with Gasteiger partial charge in [-0.15, -0.1) is 0 Å². The van der Waals surface area contributed by atoms with E-state index in [4.69, 9.17) is 33.2 Å². The van der Waals surface area contributed by atoms with Crippen LogP contribution in [0.5, 0.6) is 34.5 Å². The molecule has 0 N–H and O–H groups in total. The molecule has 3 atom stereocenters. The highest BCUT2D eigenvalue weighted by Gasteiger charge is 2.39. The molecular weight excluding hydrogens is 464 g/mol. The van der Waals surface area contributed by atoms with Gasteiger partial charge in [-0.2, -0.15) is 0 Å². The Hall–Kier alpha value is -3.55. The van der Waals surface area contributed by atoms with Crippen molar-refractivity contribution in [2.45, 2.75) is 40.2 Å². The molecule has 2 aliphatic rings. The minimum Gasteiger partial charge on any atom is -0.493 e. The monoisotopic (exact) mass is 498 g/mol. The van der Waals surface area contributed by atoms with Gasteiger partial charge in [0.1, 0.15) is 6.10 Å². The van der Waals surface area contributed by atoms with Crippen LogP contribution in [-0.2, 0) is 16.0 Å². The highest BCUT2D eigenvalue weighted by molar-refractivity contribution is 5.90. The maximum absolute atomic E-state index is 13.0. The van der Waals surface area contributed by atoms with Crippen molar-refractivity contribution in [3.63, 3.8) is 0 Å². The van der Waals surface area contributed by atoms with E-state index in [0.717, 1.165) is 16.7 Å². The molecule has 2 aromatic carbocycles. The van der Waals surface area contributed by atoms with E-state index in [2.05, 4.69) is 13.8 Å². The van der Waals surface area contributed by atoms with Crippen molar-refractivity contribution in [2.75, 3.05) is 35.2 Å². The van der Waals surface area contributed by atoms with Gasteiger partial charge in [-0.25, -0.2) is 4.79 Å². The first kappa shape index (κ1) is 25.5. The van der Waals surface area contributed by atoms with Gasteiger partial charge in [0.05, 0.1) is 28.4 Å². The van der Waals surface area contributed by atoms with E-state index in [1.807, 2.05) is 19.1 Å². The van der Waals surface area contributed by atoms with E-state index in [1.165, 1.54) is 0 Å². The molecule has 0 unspecified atom stereocenters. The standard InChI is InChI=1S/C28H34O8/c1-9-14(2)28(29)36-23-16(4)15(3)10-17-11-20-25(35-13-34-20)26(32-7)21(17)22-18(23)12-19(30-5)24(31-6)27(22)33-8/h9,11-12,15-16,23H,10,13H2,1-8H3/b14-9+/t15-,16-,23+/m0/s1.